The van der Waals surface area contributed by atoms with Crippen molar-refractivity contribution < 1.29 is 4.74 Å². The SMILES string of the molecule is CCNC1CC(C)CC(C)C1N(C)C(C)COC. The van der Waals surface area contributed by atoms with Gasteiger partial charge in [0.2, 0.25) is 0 Å². The third-order valence-electron chi connectivity index (χ3n) is 4.47. The number of nitrogens with zero attached hydrogens (tertiary/aromatic N) is 1. The predicted molar refractivity (Wildman–Crippen MR) is 77.9 cm³/mol. The molecule has 0 saturated heterocycles. The highest BCUT2D eigenvalue weighted by Gasteiger charge is 2.37. The minimum absolute atomic E-state index is 0.483. The van der Waals surface area contributed by atoms with Crippen LogP contribution >= 0.6 is 0 Å². The van der Waals surface area contributed by atoms with E-state index in [4.69, 9.17) is 4.74 Å². The van der Waals surface area contributed by atoms with Crippen molar-refractivity contribution in [2.24, 2.45) is 11.8 Å². The first kappa shape index (κ1) is 15.9. The lowest BCUT2D eigenvalue weighted by molar-refractivity contribution is 0.0263. The standard InChI is InChI=1S/C15H32N2O/c1-7-16-14-9-11(2)8-12(3)15(14)17(5)13(4)10-18-6/h11-16H,7-10H2,1-6H3. The summed E-state index contributed by atoms with van der Waals surface area (Å²) >= 11 is 0. The van der Waals surface area contributed by atoms with Crippen LogP contribution in [0.3, 0.4) is 0 Å². The molecule has 0 radical (unpaired) electrons. The molecule has 5 unspecified atom stereocenters. The van der Waals surface area contributed by atoms with E-state index in [9.17, 15) is 0 Å². The molecular formula is C15H32N2O. The van der Waals surface area contributed by atoms with Crippen molar-refractivity contribution in [1.82, 2.24) is 10.2 Å². The lowest BCUT2D eigenvalue weighted by Crippen LogP contribution is -2.58. The van der Waals surface area contributed by atoms with E-state index in [0.29, 0.717) is 18.1 Å². The van der Waals surface area contributed by atoms with Gasteiger partial charge in [-0.05, 0) is 45.2 Å². The van der Waals surface area contributed by atoms with Crippen LogP contribution in [0.25, 0.3) is 0 Å². The topological polar surface area (TPSA) is 24.5 Å². The van der Waals surface area contributed by atoms with Gasteiger partial charge in [0.05, 0.1) is 6.61 Å². The van der Waals surface area contributed by atoms with E-state index in [1.54, 1.807) is 7.11 Å². The number of hydrogen-bond donors (Lipinski definition) is 1. The van der Waals surface area contributed by atoms with Gasteiger partial charge in [-0.2, -0.15) is 0 Å². The van der Waals surface area contributed by atoms with Crippen molar-refractivity contribution in [3.8, 4) is 0 Å². The molecule has 5 atom stereocenters. The normalized spacial score (nSPS) is 34.8. The fraction of sp³-hybridized carbons (Fsp3) is 1.00. The Hall–Kier alpha value is -0.120. The Morgan fingerprint density at radius 1 is 1.33 bits per heavy atom. The number of nitrogens with one attached hydrogen (secondary N) is 1. The van der Waals surface area contributed by atoms with Crippen molar-refractivity contribution in [3.63, 3.8) is 0 Å². The third kappa shape index (κ3) is 3.94. The first-order chi connectivity index (χ1) is 8.51. The highest BCUT2D eigenvalue weighted by molar-refractivity contribution is 4.94. The van der Waals surface area contributed by atoms with Crippen molar-refractivity contribution in [2.45, 2.75) is 58.7 Å². The molecule has 1 N–H and O–H groups in total. The first-order valence-electron chi connectivity index (χ1n) is 7.45. The van der Waals surface area contributed by atoms with E-state index in [0.717, 1.165) is 25.0 Å². The van der Waals surface area contributed by atoms with Crippen LogP contribution in [0, 0.1) is 11.8 Å². The molecule has 1 rings (SSSR count). The fourth-order valence-electron chi connectivity index (χ4n) is 3.64. The van der Waals surface area contributed by atoms with Gasteiger partial charge < -0.3 is 10.1 Å². The second-order valence-corrected chi connectivity index (χ2v) is 6.18. The number of likely N-dealkylation sites (N-methyl/N-ethyl adjacent to an activating group) is 2. The maximum Gasteiger partial charge on any atom is 0.0615 e. The summed E-state index contributed by atoms with van der Waals surface area (Å²) in [4.78, 5) is 2.52. The van der Waals surface area contributed by atoms with E-state index in [1.165, 1.54) is 12.8 Å². The van der Waals surface area contributed by atoms with Crippen molar-refractivity contribution in [2.75, 3.05) is 27.3 Å². The average molecular weight is 256 g/mol. The van der Waals surface area contributed by atoms with Gasteiger partial charge in [-0.1, -0.05) is 20.8 Å². The zero-order valence-electron chi connectivity index (χ0n) is 13.1. The molecule has 0 aromatic rings. The summed E-state index contributed by atoms with van der Waals surface area (Å²) in [7, 11) is 4.05. The lowest BCUT2D eigenvalue weighted by atomic mass is 9.75. The van der Waals surface area contributed by atoms with E-state index >= 15 is 0 Å². The molecule has 0 bridgehead atoms. The van der Waals surface area contributed by atoms with E-state index < -0.39 is 0 Å². The van der Waals surface area contributed by atoms with Gasteiger partial charge in [0.25, 0.3) is 0 Å². The molecule has 0 aliphatic heterocycles. The van der Waals surface area contributed by atoms with Gasteiger partial charge in [0.1, 0.15) is 0 Å². The van der Waals surface area contributed by atoms with Crippen LogP contribution < -0.4 is 5.32 Å². The largest absolute Gasteiger partial charge is 0.383 e. The molecule has 0 aromatic heterocycles. The summed E-state index contributed by atoms with van der Waals surface area (Å²) in [6, 6.07) is 1.74. The highest BCUT2D eigenvalue weighted by Crippen LogP contribution is 2.32. The molecule has 18 heavy (non-hydrogen) atoms. The molecule has 0 heterocycles. The second kappa shape index (κ2) is 7.46. The van der Waals surface area contributed by atoms with Crippen LogP contribution in [0.5, 0.6) is 0 Å². The number of ether oxygens (including phenoxy) is 1. The molecule has 0 amide bonds. The van der Waals surface area contributed by atoms with Crippen LogP contribution in [0.2, 0.25) is 0 Å². The van der Waals surface area contributed by atoms with Gasteiger partial charge in [-0.25, -0.2) is 0 Å². The highest BCUT2D eigenvalue weighted by atomic mass is 16.5. The van der Waals surface area contributed by atoms with Crippen LogP contribution in [0.4, 0.5) is 0 Å². The molecule has 1 aliphatic rings. The van der Waals surface area contributed by atoms with E-state index in [2.05, 4.69) is 45.0 Å². The average Bonchev–Trinajstić information content (AvgIpc) is 2.28. The Labute approximate surface area is 113 Å². The van der Waals surface area contributed by atoms with Gasteiger partial charge in [0, 0.05) is 25.2 Å². The second-order valence-electron chi connectivity index (χ2n) is 6.18. The first-order valence-corrected chi connectivity index (χ1v) is 7.45. The van der Waals surface area contributed by atoms with Crippen LogP contribution in [0.1, 0.15) is 40.5 Å². The molecule has 0 spiro atoms. The fourth-order valence-corrected chi connectivity index (χ4v) is 3.64. The summed E-state index contributed by atoms with van der Waals surface area (Å²) in [5.41, 5.74) is 0. The van der Waals surface area contributed by atoms with E-state index in [1.807, 2.05) is 0 Å². The smallest absolute Gasteiger partial charge is 0.0615 e. The van der Waals surface area contributed by atoms with Gasteiger partial charge >= 0.3 is 0 Å². The van der Waals surface area contributed by atoms with Gasteiger partial charge in [0.15, 0.2) is 0 Å². The Morgan fingerprint density at radius 2 is 2.00 bits per heavy atom. The summed E-state index contributed by atoms with van der Waals surface area (Å²) in [5, 5.41) is 3.69. The third-order valence-corrected chi connectivity index (χ3v) is 4.47. The summed E-state index contributed by atoms with van der Waals surface area (Å²) in [5.74, 6) is 1.59. The molecule has 0 aromatic carbocycles. The Balaban J connectivity index is 2.73. The molecule has 1 saturated carbocycles. The zero-order chi connectivity index (χ0) is 13.7. The maximum absolute atomic E-state index is 5.31. The number of rotatable bonds is 6. The van der Waals surface area contributed by atoms with Crippen molar-refractivity contribution in [1.29, 1.82) is 0 Å². The van der Waals surface area contributed by atoms with Gasteiger partial charge in [-0.3, -0.25) is 4.90 Å². The van der Waals surface area contributed by atoms with Crippen LogP contribution in [-0.2, 0) is 4.74 Å². The molecule has 108 valence electrons. The minimum atomic E-state index is 0.483. The lowest BCUT2D eigenvalue weighted by Gasteiger charge is -2.46. The summed E-state index contributed by atoms with van der Waals surface area (Å²) in [6.07, 6.45) is 2.64. The molecule has 3 heteroatoms. The van der Waals surface area contributed by atoms with Crippen molar-refractivity contribution in [3.05, 3.63) is 0 Å². The minimum Gasteiger partial charge on any atom is -0.383 e. The molecule has 3 nitrogen and oxygen atoms in total. The number of methoxy groups -OCH3 is 1. The van der Waals surface area contributed by atoms with Crippen molar-refractivity contribution >= 4 is 0 Å². The van der Waals surface area contributed by atoms with Crippen LogP contribution in [0.15, 0.2) is 0 Å². The summed E-state index contributed by atoms with van der Waals surface area (Å²) in [6.45, 7) is 11.1. The zero-order valence-corrected chi connectivity index (χ0v) is 13.1. The Kier molecular flexibility index (Phi) is 6.61. The van der Waals surface area contributed by atoms with Crippen LogP contribution in [-0.4, -0.2) is 50.3 Å². The van der Waals surface area contributed by atoms with Gasteiger partial charge in [-0.15, -0.1) is 0 Å². The molecule has 1 aliphatic carbocycles. The number of hydrogen-bond acceptors (Lipinski definition) is 3. The summed E-state index contributed by atoms with van der Waals surface area (Å²) < 4.78 is 5.31. The Morgan fingerprint density at radius 3 is 2.56 bits per heavy atom. The predicted octanol–water partition coefficient (Wildman–Crippen LogP) is 2.37. The monoisotopic (exact) mass is 256 g/mol. The Bertz CT molecular complexity index is 235. The van der Waals surface area contributed by atoms with E-state index in [-0.39, 0.29) is 0 Å². The molecule has 1 fully saturated rings. The molecular weight excluding hydrogens is 224 g/mol. The maximum atomic E-state index is 5.31. The quantitative estimate of drug-likeness (QED) is 0.789.